The van der Waals surface area contributed by atoms with E-state index in [9.17, 15) is 9.59 Å². The fourth-order valence-corrected chi connectivity index (χ4v) is 1.94. The molecule has 0 bridgehead atoms. The van der Waals surface area contributed by atoms with Crippen molar-refractivity contribution in [3.05, 3.63) is 12.2 Å². The number of carbonyl (C=O) groups excluding carboxylic acids is 2. The van der Waals surface area contributed by atoms with Crippen LogP contribution in [-0.4, -0.2) is 11.9 Å². The van der Waals surface area contributed by atoms with Crippen LogP contribution in [0.15, 0.2) is 12.2 Å². The highest BCUT2D eigenvalue weighted by Crippen LogP contribution is 2.36. The number of esters is 2. The fourth-order valence-electron chi connectivity index (χ4n) is 1.94. The van der Waals surface area contributed by atoms with Crippen molar-refractivity contribution in [2.24, 2.45) is 17.8 Å². The van der Waals surface area contributed by atoms with Gasteiger partial charge in [0.2, 0.25) is 0 Å². The van der Waals surface area contributed by atoms with Gasteiger partial charge in [-0.3, -0.25) is 9.59 Å². The van der Waals surface area contributed by atoms with Crippen molar-refractivity contribution in [1.82, 2.24) is 0 Å². The molecule has 3 atom stereocenters. The fraction of sp³-hybridized carbons (Fsp3) is 0.556. The van der Waals surface area contributed by atoms with Gasteiger partial charge in [0.1, 0.15) is 0 Å². The molecule has 2 rings (SSSR count). The predicted octanol–water partition coefficient (Wildman–Crippen LogP) is 0.898. The molecule has 0 saturated carbocycles. The van der Waals surface area contributed by atoms with E-state index in [4.69, 9.17) is 0 Å². The van der Waals surface area contributed by atoms with Gasteiger partial charge in [-0.2, -0.15) is 0 Å². The molecule has 1 heterocycles. The lowest BCUT2D eigenvalue weighted by Crippen LogP contribution is -2.25. The standard InChI is InChI=1S/C9H10O3/c1-5-3-2-4-6-7(5)9(11)12-8(6)10/h2-3,5-7H,4H2,1H3/t5-,6+,7-/m1/s1. The highest BCUT2D eigenvalue weighted by atomic mass is 16.6. The molecule has 1 aliphatic carbocycles. The van der Waals surface area contributed by atoms with E-state index in [1.54, 1.807) is 0 Å². The van der Waals surface area contributed by atoms with Gasteiger partial charge < -0.3 is 4.74 Å². The van der Waals surface area contributed by atoms with Crippen LogP contribution in [0.1, 0.15) is 13.3 Å². The Morgan fingerprint density at radius 2 is 2.17 bits per heavy atom. The maximum atomic E-state index is 11.2. The van der Waals surface area contributed by atoms with Crippen molar-refractivity contribution in [2.75, 3.05) is 0 Å². The Morgan fingerprint density at radius 1 is 1.42 bits per heavy atom. The first-order valence-electron chi connectivity index (χ1n) is 4.12. The lowest BCUT2D eigenvalue weighted by molar-refractivity contribution is -0.153. The van der Waals surface area contributed by atoms with Gasteiger partial charge in [-0.05, 0) is 12.3 Å². The molecular weight excluding hydrogens is 156 g/mol. The molecular formula is C9H10O3. The Morgan fingerprint density at radius 3 is 2.83 bits per heavy atom. The number of allylic oxidation sites excluding steroid dienone is 2. The maximum absolute atomic E-state index is 11.2. The third-order valence-electron chi connectivity index (χ3n) is 2.61. The first-order valence-corrected chi connectivity index (χ1v) is 4.12. The first kappa shape index (κ1) is 7.53. The van der Waals surface area contributed by atoms with Crippen molar-refractivity contribution in [1.29, 1.82) is 0 Å². The second kappa shape index (κ2) is 2.44. The van der Waals surface area contributed by atoms with Gasteiger partial charge >= 0.3 is 11.9 Å². The van der Waals surface area contributed by atoms with Gasteiger partial charge in [0.25, 0.3) is 0 Å². The van der Waals surface area contributed by atoms with Crippen molar-refractivity contribution in [2.45, 2.75) is 13.3 Å². The summed E-state index contributed by atoms with van der Waals surface area (Å²) in [6, 6.07) is 0. The Hall–Kier alpha value is -1.12. The zero-order valence-electron chi connectivity index (χ0n) is 6.82. The first-order chi connectivity index (χ1) is 5.70. The molecule has 12 heavy (non-hydrogen) atoms. The number of cyclic esters (lactones) is 2. The van der Waals surface area contributed by atoms with E-state index in [2.05, 4.69) is 4.74 Å². The second-order valence-corrected chi connectivity index (χ2v) is 3.40. The zero-order valence-corrected chi connectivity index (χ0v) is 6.82. The van der Waals surface area contributed by atoms with Crippen LogP contribution in [0.4, 0.5) is 0 Å². The summed E-state index contributed by atoms with van der Waals surface area (Å²) in [5.74, 6) is -0.981. The highest BCUT2D eigenvalue weighted by Gasteiger charge is 2.46. The van der Waals surface area contributed by atoms with Crippen molar-refractivity contribution in [3.8, 4) is 0 Å². The largest absolute Gasteiger partial charge is 0.393 e. The van der Waals surface area contributed by atoms with E-state index in [1.165, 1.54) is 0 Å². The summed E-state index contributed by atoms with van der Waals surface area (Å²) >= 11 is 0. The quantitative estimate of drug-likeness (QED) is 0.305. The molecule has 0 aromatic heterocycles. The van der Waals surface area contributed by atoms with E-state index >= 15 is 0 Å². The van der Waals surface area contributed by atoms with E-state index < -0.39 is 0 Å². The second-order valence-electron chi connectivity index (χ2n) is 3.40. The minimum Gasteiger partial charge on any atom is -0.393 e. The van der Waals surface area contributed by atoms with Gasteiger partial charge in [0, 0.05) is 0 Å². The molecule has 0 spiro atoms. The number of ether oxygens (including phenoxy) is 1. The summed E-state index contributed by atoms with van der Waals surface area (Å²) < 4.78 is 4.56. The molecule has 0 amide bonds. The molecule has 0 aromatic carbocycles. The van der Waals surface area contributed by atoms with Crippen LogP contribution in [0.25, 0.3) is 0 Å². The molecule has 0 radical (unpaired) electrons. The van der Waals surface area contributed by atoms with E-state index in [-0.39, 0.29) is 29.7 Å². The topological polar surface area (TPSA) is 43.4 Å². The Kier molecular flexibility index (Phi) is 1.53. The van der Waals surface area contributed by atoms with Gasteiger partial charge in [0.05, 0.1) is 11.8 Å². The lowest BCUT2D eigenvalue weighted by atomic mass is 9.78. The van der Waals surface area contributed by atoms with Crippen molar-refractivity contribution >= 4 is 11.9 Å². The third kappa shape index (κ3) is 0.891. The highest BCUT2D eigenvalue weighted by molar-refractivity contribution is 5.97. The molecule has 64 valence electrons. The Balaban J connectivity index is 2.32. The van der Waals surface area contributed by atoms with Crippen LogP contribution < -0.4 is 0 Å². The molecule has 1 saturated heterocycles. The van der Waals surface area contributed by atoms with Crippen LogP contribution in [0, 0.1) is 17.8 Å². The molecule has 0 unspecified atom stereocenters. The van der Waals surface area contributed by atoms with Crippen LogP contribution in [0.3, 0.4) is 0 Å². The van der Waals surface area contributed by atoms with Crippen LogP contribution in [0.2, 0.25) is 0 Å². The minimum absolute atomic E-state index is 0.141. The zero-order chi connectivity index (χ0) is 8.72. The van der Waals surface area contributed by atoms with Gasteiger partial charge in [0.15, 0.2) is 0 Å². The van der Waals surface area contributed by atoms with Crippen LogP contribution >= 0.6 is 0 Å². The van der Waals surface area contributed by atoms with Gasteiger partial charge in [-0.15, -0.1) is 0 Å². The number of carbonyl (C=O) groups is 2. The van der Waals surface area contributed by atoms with Gasteiger partial charge in [-0.25, -0.2) is 0 Å². The molecule has 0 aromatic rings. The van der Waals surface area contributed by atoms with Crippen molar-refractivity contribution in [3.63, 3.8) is 0 Å². The van der Waals surface area contributed by atoms with E-state index in [0.717, 1.165) is 0 Å². The maximum Gasteiger partial charge on any atom is 0.318 e. The molecule has 2 aliphatic rings. The summed E-state index contributed by atoms with van der Waals surface area (Å²) in [6.45, 7) is 1.94. The summed E-state index contributed by atoms with van der Waals surface area (Å²) in [5, 5.41) is 0. The number of hydrogen-bond donors (Lipinski definition) is 0. The normalized spacial score (nSPS) is 39.6. The van der Waals surface area contributed by atoms with E-state index in [0.29, 0.717) is 6.42 Å². The molecule has 1 fully saturated rings. The van der Waals surface area contributed by atoms with Gasteiger partial charge in [-0.1, -0.05) is 19.1 Å². The average molecular weight is 166 g/mol. The predicted molar refractivity (Wildman–Crippen MR) is 41.0 cm³/mol. The lowest BCUT2D eigenvalue weighted by Gasteiger charge is -2.20. The Bertz CT molecular complexity index is 267. The molecule has 3 heteroatoms. The van der Waals surface area contributed by atoms with Crippen LogP contribution in [-0.2, 0) is 14.3 Å². The summed E-state index contributed by atoms with van der Waals surface area (Å²) in [6.07, 6.45) is 4.58. The summed E-state index contributed by atoms with van der Waals surface area (Å²) in [5.41, 5.74) is 0. The SMILES string of the molecule is C[C@@H]1C=CC[C@@H]2C(=O)OC(=O)[C@H]12. The third-order valence-corrected chi connectivity index (χ3v) is 2.61. The van der Waals surface area contributed by atoms with Crippen LogP contribution in [0.5, 0.6) is 0 Å². The van der Waals surface area contributed by atoms with E-state index in [1.807, 2.05) is 19.1 Å². The number of rotatable bonds is 0. The smallest absolute Gasteiger partial charge is 0.318 e. The molecule has 1 aliphatic heterocycles. The average Bonchev–Trinajstić information content (AvgIpc) is 2.29. The van der Waals surface area contributed by atoms with Crippen molar-refractivity contribution < 1.29 is 14.3 Å². The Labute approximate surface area is 70.4 Å². The number of fused-ring (bicyclic) bond motifs is 1. The number of hydrogen-bond acceptors (Lipinski definition) is 3. The molecule has 3 nitrogen and oxygen atoms in total. The summed E-state index contributed by atoms with van der Waals surface area (Å²) in [4.78, 5) is 22.2. The molecule has 0 N–H and O–H groups in total. The minimum atomic E-state index is -0.346. The monoisotopic (exact) mass is 166 g/mol. The summed E-state index contributed by atoms with van der Waals surface area (Å²) in [7, 11) is 0.